The molecule has 90 heavy (non-hydrogen) atoms. The normalized spacial score (nSPS) is 15.3. The number of aliphatic carboxylic acids is 1. The van der Waals surface area contributed by atoms with Crippen molar-refractivity contribution < 1.29 is 66.4 Å². The number of carboxylic acids is 1. The number of benzene rings is 4. The minimum absolute atomic E-state index is 0.0164. The van der Waals surface area contributed by atoms with Crippen molar-refractivity contribution in [1.29, 1.82) is 0 Å². The highest BCUT2D eigenvalue weighted by atomic mass is 16.7. The largest absolute Gasteiger partial charge is 0.519 e. The fourth-order valence-corrected chi connectivity index (χ4v) is 10.0. The van der Waals surface area contributed by atoms with Crippen LogP contribution in [0.5, 0.6) is 0 Å². The Labute approximate surface area is 520 Å². The maximum Gasteiger partial charge on any atom is 0.519 e. The van der Waals surface area contributed by atoms with Crippen LogP contribution in [0.4, 0.5) is 0 Å². The van der Waals surface area contributed by atoms with Crippen LogP contribution in [0, 0.1) is 10.8 Å². The van der Waals surface area contributed by atoms with E-state index in [0.29, 0.717) is 25.2 Å². The third-order valence-electron chi connectivity index (χ3n) is 14.8. The van der Waals surface area contributed by atoms with Crippen LogP contribution in [-0.2, 0) is 67.7 Å². The summed E-state index contributed by atoms with van der Waals surface area (Å²) in [5.41, 5.74) is 2.99. The van der Waals surface area contributed by atoms with E-state index in [1.54, 1.807) is 20.9 Å². The van der Waals surface area contributed by atoms with Crippen molar-refractivity contribution in [2.24, 2.45) is 17.9 Å². The van der Waals surface area contributed by atoms with Crippen molar-refractivity contribution in [2.75, 3.05) is 19.8 Å². The van der Waals surface area contributed by atoms with Gasteiger partial charge in [0.15, 0.2) is 47.3 Å². The van der Waals surface area contributed by atoms with Gasteiger partial charge in [-0.2, -0.15) is 15.4 Å². The molecule has 0 bridgehead atoms. The smallest absolute Gasteiger partial charge is 0.481 e. The Bertz CT molecular complexity index is 3690. The number of hydrogen-bond donors (Lipinski definition) is 6. The van der Waals surface area contributed by atoms with Crippen molar-refractivity contribution in [3.8, 4) is 22.3 Å². The van der Waals surface area contributed by atoms with Gasteiger partial charge in [-0.1, -0.05) is 156 Å². The van der Waals surface area contributed by atoms with E-state index in [1.165, 1.54) is 17.1 Å². The van der Waals surface area contributed by atoms with Crippen LogP contribution in [0.25, 0.3) is 22.3 Å². The Morgan fingerprint density at radius 2 is 1.17 bits per heavy atom. The number of hydrogen-bond acceptors (Lipinski definition) is 19. The molecule has 9 rings (SSSR count). The molecule has 5 atom stereocenters. The summed E-state index contributed by atoms with van der Waals surface area (Å²) in [6.45, 7) is 13.7. The van der Waals surface area contributed by atoms with Gasteiger partial charge in [-0.3, -0.25) is 23.9 Å². The molecule has 480 valence electrons. The zero-order valence-electron chi connectivity index (χ0n) is 52.1. The molecule has 4 aromatic carbocycles. The molecule has 0 saturated carbocycles. The Morgan fingerprint density at radius 3 is 1.60 bits per heavy atom. The monoisotopic (exact) mass is 1240 g/mol. The topological polar surface area (TPSA) is 340 Å². The number of carbonyl (C=O) groups is 4. The molecule has 4 aromatic heterocycles. The lowest BCUT2D eigenvalue weighted by Gasteiger charge is -2.32. The molecule has 1 saturated heterocycles. The second-order valence-corrected chi connectivity index (χ2v) is 24.8. The summed E-state index contributed by atoms with van der Waals surface area (Å²) < 4.78 is 38.1. The maximum atomic E-state index is 13.3. The van der Waals surface area contributed by atoms with Gasteiger partial charge < -0.3 is 57.8 Å². The lowest BCUT2D eigenvalue weighted by molar-refractivity contribution is -0.187. The van der Waals surface area contributed by atoms with Crippen molar-refractivity contribution >= 4 is 23.8 Å². The highest BCUT2D eigenvalue weighted by molar-refractivity contribution is 5.92. The van der Waals surface area contributed by atoms with Gasteiger partial charge in [-0.05, 0) is 92.2 Å². The number of aliphatic hydroxyl groups is 2. The molecule has 24 heteroatoms. The molecule has 0 radical (unpaired) electrons. The quantitative estimate of drug-likeness (QED) is 0.0326. The summed E-state index contributed by atoms with van der Waals surface area (Å²) in [5, 5.41) is 52.8. The van der Waals surface area contributed by atoms with Crippen molar-refractivity contribution in [3.63, 3.8) is 0 Å². The number of H-pyrrole nitrogens is 1. The highest BCUT2D eigenvalue weighted by Crippen LogP contribution is 2.32. The van der Waals surface area contributed by atoms with Gasteiger partial charge in [0.2, 0.25) is 0 Å². The van der Waals surface area contributed by atoms with E-state index in [4.69, 9.17) is 32.6 Å². The second-order valence-electron chi connectivity index (χ2n) is 24.8. The number of amides is 2. The second kappa shape index (κ2) is 30.9. The predicted octanol–water partition coefficient (Wildman–Crippen LogP) is 8.66. The molecule has 8 aromatic rings. The average Bonchev–Trinajstić information content (AvgIpc) is 3.27. The molecule has 6 N–H and O–H groups in total. The summed E-state index contributed by atoms with van der Waals surface area (Å²) in [6, 6.07) is 34.9. The van der Waals surface area contributed by atoms with E-state index in [0.717, 1.165) is 52.6 Å². The van der Waals surface area contributed by atoms with Gasteiger partial charge >= 0.3 is 23.6 Å². The van der Waals surface area contributed by atoms with Crippen LogP contribution >= 0.6 is 0 Å². The molecule has 5 heterocycles. The van der Waals surface area contributed by atoms with E-state index in [2.05, 4.69) is 40.8 Å². The number of rotatable bonds is 23. The zero-order chi connectivity index (χ0) is 65.2. The van der Waals surface area contributed by atoms with Gasteiger partial charge in [0.05, 0.1) is 36.4 Å². The number of ether oxygens (including phenoxy) is 3. The number of aromatic nitrogens is 6. The molecule has 0 aliphatic carbocycles. The standard InChI is InChI=1S/C30H34N4O7.C28H34N4O5.C8H12O4/c1-29(2,3)25-24(40-28(38)41-25)17-39-27(37)30(4,18-35)15-22(32-26(36)23-16-31-34-33-23)14-19-10-12-21(13-11-19)20-8-6-5-7-9-20;1-28(27(34)35,19-37-25-10-6-7-15-36-25)17-23(29-26(33)24-18-32(2)31-30-24)16-20-11-13-22(14-12-20)21-8-4-3-5-9-21;1-8(2,3)6-5(4-9)11-7(10)12-6/h5-13,16,22,35H,14-15,17-18H2,1-4H3,(H,32,36)(H,31,33,34);3-5,8-9,11-14,18,23,25H,6-7,10,15-17,19H2,1-2H3,(H,29,33)(H,34,35);9H,4H2,1-3H3/t22-,30+;23-,25?,28+;/m11./s1. The molecular formula is C66H80N8O16. The van der Waals surface area contributed by atoms with Crippen LogP contribution in [-0.4, -0.2) is 108 Å². The summed E-state index contributed by atoms with van der Waals surface area (Å²) in [4.78, 5) is 73.8. The van der Waals surface area contributed by atoms with E-state index in [1.807, 2.05) is 151 Å². The summed E-state index contributed by atoms with van der Waals surface area (Å²) in [7, 11) is 1.68. The first kappa shape index (κ1) is 68.4. The summed E-state index contributed by atoms with van der Waals surface area (Å²) in [6.07, 6.45) is 6.18. The van der Waals surface area contributed by atoms with Gasteiger partial charge in [-0.15, -0.1) is 5.10 Å². The SMILES string of the molecule is CC(C)(C)c1oc(=O)oc1CO.CC(C)(C)c1oc(=O)oc1COC(=O)[C@](C)(CO)C[C@@H](Cc1ccc(-c2ccccc2)cc1)NC(=O)c1cn[nH]n1.Cn1cc(C(=O)N[C@H](Cc2ccc(-c3ccccc3)cc2)C[C@@](C)(COC2CCCCO2)C(=O)O)nn1. The third-order valence-corrected chi connectivity index (χ3v) is 14.8. The zero-order valence-corrected chi connectivity index (χ0v) is 52.1. The van der Waals surface area contributed by atoms with Gasteiger partial charge in [-0.25, -0.2) is 9.59 Å². The minimum atomic E-state index is -1.39. The number of nitrogens with zero attached hydrogens (tertiary/aromatic N) is 5. The number of aromatic amines is 1. The predicted molar refractivity (Wildman–Crippen MR) is 328 cm³/mol. The van der Waals surface area contributed by atoms with Crippen molar-refractivity contribution in [2.45, 2.75) is 143 Å². The Balaban J connectivity index is 0.000000217. The van der Waals surface area contributed by atoms with E-state index in [-0.39, 0.29) is 66.7 Å². The number of esters is 1. The lowest BCUT2D eigenvalue weighted by atomic mass is 9.82. The molecular weight excluding hydrogens is 1160 g/mol. The average molecular weight is 1240 g/mol. The Hall–Kier alpha value is -9.10. The number of carboxylic acid groups (broad SMARTS) is 1. The van der Waals surface area contributed by atoms with Gasteiger partial charge in [0.25, 0.3) is 11.8 Å². The van der Waals surface area contributed by atoms with Crippen molar-refractivity contribution in [1.82, 2.24) is 41.0 Å². The number of aliphatic hydroxyl groups excluding tert-OH is 2. The molecule has 2 amide bonds. The Kier molecular flexibility index (Phi) is 23.5. The third kappa shape index (κ3) is 19.4. The van der Waals surface area contributed by atoms with Crippen molar-refractivity contribution in [3.05, 3.63) is 188 Å². The molecule has 1 aliphatic heterocycles. The number of aryl methyl sites for hydroxylation is 1. The fourth-order valence-electron chi connectivity index (χ4n) is 10.0. The molecule has 1 unspecified atom stereocenters. The van der Waals surface area contributed by atoms with Crippen LogP contribution < -0.4 is 22.3 Å². The maximum absolute atomic E-state index is 13.3. The summed E-state index contributed by atoms with van der Waals surface area (Å²) >= 11 is 0. The van der Waals surface area contributed by atoms with E-state index in [9.17, 15) is 39.0 Å². The molecule has 24 nitrogen and oxygen atoms in total. The van der Waals surface area contributed by atoms with Crippen LogP contribution in [0.15, 0.2) is 149 Å². The minimum Gasteiger partial charge on any atom is -0.481 e. The molecule has 0 spiro atoms. The van der Waals surface area contributed by atoms with Gasteiger partial charge in [0, 0.05) is 36.6 Å². The fraction of sp³-hybridized carbons (Fsp3) is 0.424. The van der Waals surface area contributed by atoms with E-state index >= 15 is 0 Å². The van der Waals surface area contributed by atoms with Gasteiger partial charge in [0.1, 0.15) is 6.61 Å². The molecule has 1 aliphatic rings. The highest BCUT2D eigenvalue weighted by Gasteiger charge is 2.40. The molecule has 1 fully saturated rings. The van der Waals surface area contributed by atoms with Crippen LogP contribution in [0.1, 0.15) is 143 Å². The first-order chi connectivity index (χ1) is 42.7. The van der Waals surface area contributed by atoms with E-state index < -0.39 is 76.6 Å². The first-order valence-corrected chi connectivity index (χ1v) is 29.5. The van der Waals surface area contributed by atoms with Crippen LogP contribution in [0.2, 0.25) is 0 Å². The number of carbonyl (C=O) groups excluding carboxylic acids is 3. The lowest BCUT2D eigenvalue weighted by Crippen LogP contribution is -2.45. The summed E-state index contributed by atoms with van der Waals surface area (Å²) in [5.74, 6) is -3.23. The van der Waals surface area contributed by atoms with Crippen LogP contribution in [0.3, 0.4) is 0 Å². The first-order valence-electron chi connectivity index (χ1n) is 29.5. The number of nitrogens with one attached hydrogen (secondary N) is 3. The Morgan fingerprint density at radius 1 is 0.667 bits per heavy atom.